The molecule has 0 aromatic heterocycles. The number of nitriles is 1. The second-order valence-corrected chi connectivity index (χ2v) is 5.84. The summed E-state index contributed by atoms with van der Waals surface area (Å²) in [6.07, 6.45) is 3.84. The molecule has 0 aliphatic heterocycles. The highest BCUT2D eigenvalue weighted by molar-refractivity contribution is 5.47. The summed E-state index contributed by atoms with van der Waals surface area (Å²) < 4.78 is 0. The Kier molecular flexibility index (Phi) is 7.25. The van der Waals surface area contributed by atoms with Gasteiger partial charge in [-0.25, -0.2) is 0 Å². The van der Waals surface area contributed by atoms with Crippen molar-refractivity contribution in [2.24, 2.45) is 0 Å². The Balaban J connectivity index is 2.52. The fraction of sp³-hybridized carbons (Fsp3) is 0.611. The summed E-state index contributed by atoms with van der Waals surface area (Å²) in [6, 6.07) is 11.0. The zero-order chi connectivity index (χ0) is 15.7. The third-order valence-corrected chi connectivity index (χ3v) is 4.07. The van der Waals surface area contributed by atoms with Crippen LogP contribution in [-0.2, 0) is 0 Å². The maximum absolute atomic E-state index is 9.50. The lowest BCUT2D eigenvalue weighted by molar-refractivity contribution is 0.366. The smallest absolute Gasteiger partial charge is 0.106 e. The van der Waals surface area contributed by atoms with E-state index in [4.69, 9.17) is 0 Å². The van der Waals surface area contributed by atoms with E-state index in [9.17, 15) is 5.26 Å². The molecule has 1 atom stereocenters. The van der Waals surface area contributed by atoms with Gasteiger partial charge in [0.05, 0.1) is 6.07 Å². The number of hydrogen-bond acceptors (Lipinski definition) is 3. The quantitative estimate of drug-likeness (QED) is 0.749. The predicted octanol–water partition coefficient (Wildman–Crippen LogP) is 3.88. The molecule has 1 aromatic rings. The van der Waals surface area contributed by atoms with Crippen LogP contribution in [0, 0.1) is 18.3 Å². The molecule has 0 fully saturated rings. The summed E-state index contributed by atoms with van der Waals surface area (Å²) in [7, 11) is 2.12. The van der Waals surface area contributed by atoms with Crippen molar-refractivity contribution in [3.05, 3.63) is 29.8 Å². The number of aryl methyl sites for hydroxylation is 1. The average molecular weight is 287 g/mol. The highest BCUT2D eigenvalue weighted by Crippen LogP contribution is 2.19. The molecule has 116 valence electrons. The van der Waals surface area contributed by atoms with Gasteiger partial charge in [-0.3, -0.25) is 5.32 Å². The molecule has 0 heterocycles. The van der Waals surface area contributed by atoms with Crippen LogP contribution in [-0.4, -0.2) is 25.7 Å². The maximum atomic E-state index is 9.50. The molecule has 3 heteroatoms. The van der Waals surface area contributed by atoms with Gasteiger partial charge in [-0.15, -0.1) is 0 Å². The van der Waals surface area contributed by atoms with Crippen molar-refractivity contribution < 1.29 is 0 Å². The van der Waals surface area contributed by atoms with Gasteiger partial charge in [0.2, 0.25) is 0 Å². The van der Waals surface area contributed by atoms with E-state index in [0.29, 0.717) is 0 Å². The van der Waals surface area contributed by atoms with Gasteiger partial charge in [-0.2, -0.15) is 5.26 Å². The van der Waals surface area contributed by atoms with E-state index in [1.165, 1.54) is 11.3 Å². The van der Waals surface area contributed by atoms with E-state index in [1.807, 2.05) is 0 Å². The Morgan fingerprint density at radius 3 is 2.67 bits per heavy atom. The minimum absolute atomic E-state index is 0.358. The molecule has 3 nitrogen and oxygen atoms in total. The lowest BCUT2D eigenvalue weighted by Crippen LogP contribution is -2.44. The number of benzene rings is 1. The zero-order valence-electron chi connectivity index (χ0n) is 13.9. The minimum Gasteiger partial charge on any atom is -0.375 e. The fourth-order valence-electron chi connectivity index (χ4n) is 2.54. The molecule has 0 spiro atoms. The van der Waals surface area contributed by atoms with E-state index >= 15 is 0 Å². The number of nitrogens with one attached hydrogen (secondary N) is 1. The molecule has 0 bridgehead atoms. The Hall–Kier alpha value is -1.53. The van der Waals surface area contributed by atoms with Gasteiger partial charge >= 0.3 is 0 Å². The van der Waals surface area contributed by atoms with Crippen LogP contribution < -0.4 is 10.2 Å². The molecule has 1 aromatic carbocycles. The average Bonchev–Trinajstić information content (AvgIpc) is 2.51. The molecule has 1 unspecified atom stereocenters. The highest BCUT2D eigenvalue weighted by atomic mass is 15.1. The fourth-order valence-corrected chi connectivity index (χ4v) is 2.54. The summed E-state index contributed by atoms with van der Waals surface area (Å²) >= 11 is 0. The van der Waals surface area contributed by atoms with Crippen molar-refractivity contribution in [3.63, 3.8) is 0 Å². The second kappa shape index (κ2) is 8.69. The molecule has 1 rings (SSSR count). The third kappa shape index (κ3) is 5.40. The highest BCUT2D eigenvalue weighted by Gasteiger charge is 2.26. The first-order valence-electron chi connectivity index (χ1n) is 8.01. The van der Waals surface area contributed by atoms with E-state index < -0.39 is 0 Å². The summed E-state index contributed by atoms with van der Waals surface area (Å²) in [4.78, 5) is 2.27. The standard InChI is InChI=1S/C18H29N3/c1-5-12-20-18(6-2,15-19)11-8-13-21(4)17-10-7-9-16(3)14-17/h7,9-10,14,20H,5-6,8,11-13H2,1-4H3. The van der Waals surface area contributed by atoms with Gasteiger partial charge < -0.3 is 4.90 Å². The molecule has 0 radical (unpaired) electrons. The van der Waals surface area contributed by atoms with Crippen LogP contribution in [0.5, 0.6) is 0 Å². The molecular weight excluding hydrogens is 258 g/mol. The van der Waals surface area contributed by atoms with Crippen molar-refractivity contribution in [1.82, 2.24) is 5.32 Å². The minimum atomic E-state index is -0.358. The van der Waals surface area contributed by atoms with Crippen molar-refractivity contribution >= 4 is 5.69 Å². The second-order valence-electron chi connectivity index (χ2n) is 5.84. The van der Waals surface area contributed by atoms with Crippen LogP contribution in [0.2, 0.25) is 0 Å². The Labute approximate surface area is 130 Å². The van der Waals surface area contributed by atoms with Crippen molar-refractivity contribution in [3.8, 4) is 6.07 Å². The van der Waals surface area contributed by atoms with Crippen LogP contribution in [0.3, 0.4) is 0 Å². The topological polar surface area (TPSA) is 39.1 Å². The van der Waals surface area contributed by atoms with Gasteiger partial charge in [-0.1, -0.05) is 26.0 Å². The first-order chi connectivity index (χ1) is 10.1. The number of rotatable bonds is 9. The van der Waals surface area contributed by atoms with E-state index in [2.05, 4.69) is 68.4 Å². The monoisotopic (exact) mass is 287 g/mol. The maximum Gasteiger partial charge on any atom is 0.106 e. The lowest BCUT2D eigenvalue weighted by atomic mass is 9.91. The number of anilines is 1. The summed E-state index contributed by atoms with van der Waals surface area (Å²) in [5.41, 5.74) is 2.17. The molecular formula is C18H29N3. The van der Waals surface area contributed by atoms with E-state index in [0.717, 1.165) is 38.8 Å². The van der Waals surface area contributed by atoms with Crippen LogP contribution >= 0.6 is 0 Å². The van der Waals surface area contributed by atoms with Crippen LogP contribution in [0.1, 0.15) is 45.1 Å². The SMILES string of the molecule is CCCNC(C#N)(CC)CCCN(C)c1cccc(C)c1. The lowest BCUT2D eigenvalue weighted by Gasteiger charge is -2.28. The molecule has 0 aliphatic carbocycles. The van der Waals surface area contributed by atoms with Crippen LogP contribution in [0.25, 0.3) is 0 Å². The van der Waals surface area contributed by atoms with Gasteiger partial charge in [0.25, 0.3) is 0 Å². The van der Waals surface area contributed by atoms with Crippen molar-refractivity contribution in [2.75, 3.05) is 25.0 Å². The molecule has 0 saturated carbocycles. The van der Waals surface area contributed by atoms with E-state index in [-0.39, 0.29) is 5.54 Å². The van der Waals surface area contributed by atoms with Crippen molar-refractivity contribution in [1.29, 1.82) is 5.26 Å². The van der Waals surface area contributed by atoms with Gasteiger partial charge in [0.1, 0.15) is 5.54 Å². The zero-order valence-corrected chi connectivity index (χ0v) is 13.9. The van der Waals surface area contributed by atoms with Gasteiger partial charge in [0, 0.05) is 19.3 Å². The van der Waals surface area contributed by atoms with Crippen molar-refractivity contribution in [2.45, 2.75) is 52.0 Å². The third-order valence-electron chi connectivity index (χ3n) is 4.07. The normalized spacial score (nSPS) is 13.5. The molecule has 0 saturated heterocycles. The number of nitrogens with zero attached hydrogens (tertiary/aromatic N) is 2. The Bertz CT molecular complexity index is 464. The van der Waals surface area contributed by atoms with E-state index in [1.54, 1.807) is 0 Å². The molecule has 0 amide bonds. The summed E-state index contributed by atoms with van der Waals surface area (Å²) in [5, 5.41) is 12.9. The molecule has 1 N–H and O–H groups in total. The first kappa shape index (κ1) is 17.5. The summed E-state index contributed by atoms with van der Waals surface area (Å²) in [6.45, 7) is 8.23. The first-order valence-corrected chi connectivity index (χ1v) is 8.01. The van der Waals surface area contributed by atoms with Crippen LogP contribution in [0.15, 0.2) is 24.3 Å². The van der Waals surface area contributed by atoms with Gasteiger partial charge in [-0.05, 0) is 56.8 Å². The number of hydrogen-bond donors (Lipinski definition) is 1. The predicted molar refractivity (Wildman–Crippen MR) is 90.6 cm³/mol. The Morgan fingerprint density at radius 1 is 1.33 bits per heavy atom. The van der Waals surface area contributed by atoms with Gasteiger partial charge in [0.15, 0.2) is 0 Å². The molecule has 21 heavy (non-hydrogen) atoms. The largest absolute Gasteiger partial charge is 0.375 e. The summed E-state index contributed by atoms with van der Waals surface area (Å²) in [5.74, 6) is 0. The molecule has 0 aliphatic rings. The van der Waals surface area contributed by atoms with Crippen LogP contribution in [0.4, 0.5) is 5.69 Å². The Morgan fingerprint density at radius 2 is 2.10 bits per heavy atom.